The van der Waals surface area contributed by atoms with Crippen LogP contribution in [0.15, 0.2) is 23.5 Å². The normalized spacial score (nSPS) is 9.30. The van der Waals surface area contributed by atoms with Gasteiger partial charge in [-0.15, -0.1) is 4.91 Å². The van der Waals surface area contributed by atoms with Crippen LogP contribution in [0.5, 0.6) is 0 Å². The molecule has 0 aliphatic heterocycles. The Morgan fingerprint density at radius 2 is 2.50 bits per heavy atom. The van der Waals surface area contributed by atoms with Crippen LogP contribution in [0.4, 0.5) is 5.82 Å². The summed E-state index contributed by atoms with van der Waals surface area (Å²) in [6, 6.07) is 3.57. The van der Waals surface area contributed by atoms with Gasteiger partial charge in [-0.05, 0) is 11.2 Å². The van der Waals surface area contributed by atoms with Gasteiger partial charge in [-0.2, -0.15) is 0 Å². The average molecular weight is 201 g/mol. The van der Waals surface area contributed by atoms with Gasteiger partial charge in [0.25, 0.3) is 0 Å². The van der Waals surface area contributed by atoms with E-state index in [2.05, 4.69) is 26.1 Å². The molecule has 0 atom stereocenters. The van der Waals surface area contributed by atoms with Gasteiger partial charge < -0.3 is 0 Å². The first kappa shape index (κ1) is 7.34. The maximum atomic E-state index is 10.1. The fraction of sp³-hybridized carbons (Fsp3) is 0.167. The Bertz CT molecular complexity index is 239. The largest absolute Gasteiger partial charge is 0.234 e. The zero-order valence-corrected chi connectivity index (χ0v) is 6.71. The van der Waals surface area contributed by atoms with E-state index < -0.39 is 0 Å². The van der Waals surface area contributed by atoms with E-state index in [1.165, 1.54) is 0 Å². The van der Waals surface area contributed by atoms with Crippen molar-refractivity contribution in [3.63, 3.8) is 0 Å². The van der Waals surface area contributed by atoms with Gasteiger partial charge in [0, 0.05) is 17.1 Å². The van der Waals surface area contributed by atoms with Gasteiger partial charge in [0.2, 0.25) is 5.82 Å². The summed E-state index contributed by atoms with van der Waals surface area (Å²) in [7, 11) is 0. The molecule has 0 saturated carbocycles. The second-order valence-corrected chi connectivity index (χ2v) is 2.27. The van der Waals surface area contributed by atoms with Gasteiger partial charge in [0.15, 0.2) is 0 Å². The second-order valence-electron chi connectivity index (χ2n) is 1.71. The van der Waals surface area contributed by atoms with E-state index in [9.17, 15) is 4.91 Å². The predicted molar refractivity (Wildman–Crippen MR) is 42.3 cm³/mol. The van der Waals surface area contributed by atoms with E-state index in [0.717, 1.165) is 5.56 Å². The summed E-state index contributed by atoms with van der Waals surface area (Å²) in [5, 5.41) is 3.36. The van der Waals surface area contributed by atoms with Crippen molar-refractivity contribution in [3.05, 3.63) is 28.8 Å². The maximum Gasteiger partial charge on any atom is 0.200 e. The number of hydrogen-bond acceptors (Lipinski definition) is 3. The quantitative estimate of drug-likeness (QED) is 0.544. The molecule has 1 heterocycles. The molecule has 0 unspecified atom stereocenters. The number of nitroso groups, excluding NO2 is 1. The van der Waals surface area contributed by atoms with Gasteiger partial charge >= 0.3 is 0 Å². The summed E-state index contributed by atoms with van der Waals surface area (Å²) in [4.78, 5) is 13.8. The molecule has 0 N–H and O–H groups in total. The molecule has 0 saturated heterocycles. The fourth-order valence-electron chi connectivity index (χ4n) is 0.617. The predicted octanol–water partition coefficient (Wildman–Crippen LogP) is 2.37. The van der Waals surface area contributed by atoms with Crippen LogP contribution in [0.1, 0.15) is 5.56 Å². The first-order valence-corrected chi connectivity index (χ1v) is 3.84. The van der Waals surface area contributed by atoms with E-state index in [0.29, 0.717) is 5.33 Å². The van der Waals surface area contributed by atoms with Gasteiger partial charge in [0.05, 0.1) is 0 Å². The number of nitrogens with zero attached hydrogens (tertiary/aromatic N) is 2. The van der Waals surface area contributed by atoms with E-state index in [1.54, 1.807) is 18.3 Å². The summed E-state index contributed by atoms with van der Waals surface area (Å²) >= 11 is 3.21. The lowest BCUT2D eigenvalue weighted by Gasteiger charge is -1.93. The van der Waals surface area contributed by atoms with E-state index >= 15 is 0 Å². The van der Waals surface area contributed by atoms with Crippen LogP contribution in [-0.4, -0.2) is 4.98 Å². The molecule has 0 radical (unpaired) electrons. The van der Waals surface area contributed by atoms with Crippen LogP contribution >= 0.6 is 15.9 Å². The van der Waals surface area contributed by atoms with Crippen molar-refractivity contribution >= 4 is 21.7 Å². The van der Waals surface area contributed by atoms with Crippen molar-refractivity contribution < 1.29 is 0 Å². The number of hydrogen-bond donors (Lipinski definition) is 0. The van der Waals surface area contributed by atoms with Gasteiger partial charge in [-0.25, -0.2) is 4.98 Å². The van der Waals surface area contributed by atoms with Crippen molar-refractivity contribution in [2.45, 2.75) is 5.33 Å². The minimum absolute atomic E-state index is 0.263. The van der Waals surface area contributed by atoms with Crippen molar-refractivity contribution in [2.24, 2.45) is 5.18 Å². The van der Waals surface area contributed by atoms with Gasteiger partial charge in [0.1, 0.15) is 0 Å². The van der Waals surface area contributed by atoms with Crippen LogP contribution in [0.3, 0.4) is 0 Å². The molecule has 10 heavy (non-hydrogen) atoms. The highest BCUT2D eigenvalue weighted by Crippen LogP contribution is 2.16. The zero-order chi connectivity index (χ0) is 7.40. The SMILES string of the molecule is O=Nc1ncccc1CBr. The molecule has 0 amide bonds. The molecular formula is C6H5BrN2O. The number of rotatable bonds is 2. The van der Waals surface area contributed by atoms with Crippen LogP contribution in [0, 0.1) is 4.91 Å². The van der Waals surface area contributed by atoms with E-state index in [1.807, 2.05) is 0 Å². The Morgan fingerprint density at radius 3 is 3.00 bits per heavy atom. The molecule has 0 bridgehead atoms. The molecule has 0 spiro atoms. The topological polar surface area (TPSA) is 42.3 Å². The Morgan fingerprint density at radius 1 is 1.70 bits per heavy atom. The monoisotopic (exact) mass is 200 g/mol. The Labute approximate surface area is 66.6 Å². The summed E-state index contributed by atoms with van der Waals surface area (Å²) in [6.45, 7) is 0. The number of aromatic nitrogens is 1. The third-order valence-corrected chi connectivity index (χ3v) is 1.70. The van der Waals surface area contributed by atoms with Crippen molar-refractivity contribution in [2.75, 3.05) is 0 Å². The molecule has 3 nitrogen and oxygen atoms in total. The molecule has 0 fully saturated rings. The van der Waals surface area contributed by atoms with Gasteiger partial charge in [-0.3, -0.25) is 0 Å². The lowest BCUT2D eigenvalue weighted by molar-refractivity contribution is 1.21. The van der Waals surface area contributed by atoms with Crippen LogP contribution in [0.25, 0.3) is 0 Å². The summed E-state index contributed by atoms with van der Waals surface area (Å²) < 4.78 is 0. The Kier molecular flexibility index (Phi) is 2.50. The molecule has 1 aromatic heterocycles. The minimum Gasteiger partial charge on any atom is -0.234 e. The lowest BCUT2D eigenvalue weighted by atomic mass is 10.3. The number of alkyl halides is 1. The average Bonchev–Trinajstić information content (AvgIpc) is 2.04. The molecule has 4 heteroatoms. The molecule has 0 aliphatic carbocycles. The van der Waals surface area contributed by atoms with Crippen LogP contribution in [-0.2, 0) is 5.33 Å². The van der Waals surface area contributed by atoms with Gasteiger partial charge in [-0.1, -0.05) is 22.0 Å². The Balaban J connectivity index is 3.08. The number of halogens is 1. The maximum absolute atomic E-state index is 10.1. The first-order valence-electron chi connectivity index (χ1n) is 2.71. The third kappa shape index (κ3) is 1.39. The van der Waals surface area contributed by atoms with E-state index in [4.69, 9.17) is 0 Å². The molecule has 0 aliphatic rings. The third-order valence-electron chi connectivity index (χ3n) is 1.10. The van der Waals surface area contributed by atoms with Crippen molar-refractivity contribution in [1.29, 1.82) is 0 Å². The highest BCUT2D eigenvalue weighted by molar-refractivity contribution is 9.08. The van der Waals surface area contributed by atoms with Crippen LogP contribution < -0.4 is 0 Å². The van der Waals surface area contributed by atoms with Crippen molar-refractivity contribution in [1.82, 2.24) is 4.98 Å². The standard InChI is InChI=1S/C6H5BrN2O/c7-4-5-2-1-3-8-6(5)9-10/h1-3H,4H2. The van der Waals surface area contributed by atoms with Crippen molar-refractivity contribution in [3.8, 4) is 0 Å². The molecule has 1 aromatic rings. The lowest BCUT2D eigenvalue weighted by Crippen LogP contribution is -1.80. The van der Waals surface area contributed by atoms with E-state index in [-0.39, 0.29) is 5.82 Å². The summed E-state index contributed by atoms with van der Waals surface area (Å²) in [5.74, 6) is 0.263. The summed E-state index contributed by atoms with van der Waals surface area (Å²) in [6.07, 6.45) is 1.54. The zero-order valence-electron chi connectivity index (χ0n) is 5.12. The highest BCUT2D eigenvalue weighted by Gasteiger charge is 1.98. The second kappa shape index (κ2) is 3.41. The minimum atomic E-state index is 0.263. The highest BCUT2D eigenvalue weighted by atomic mass is 79.9. The number of pyridine rings is 1. The fourth-order valence-corrected chi connectivity index (χ4v) is 1.05. The molecular weight excluding hydrogens is 196 g/mol. The molecule has 52 valence electrons. The van der Waals surface area contributed by atoms with Crippen LogP contribution in [0.2, 0.25) is 0 Å². The first-order chi connectivity index (χ1) is 4.88. The Hall–Kier alpha value is -0.770. The molecule has 1 rings (SSSR count). The summed E-state index contributed by atoms with van der Waals surface area (Å²) in [5.41, 5.74) is 0.817. The molecule has 0 aromatic carbocycles. The smallest absolute Gasteiger partial charge is 0.200 e.